The second-order valence-electron chi connectivity index (χ2n) is 9.10. The van der Waals surface area contributed by atoms with Crippen LogP contribution >= 0.6 is 11.6 Å². The largest absolute Gasteiger partial charge is 0.497 e. The van der Waals surface area contributed by atoms with Crippen LogP contribution in [0.1, 0.15) is 25.0 Å². The number of aromatic nitrogens is 4. The van der Waals surface area contributed by atoms with Gasteiger partial charge in [-0.3, -0.25) is 18.9 Å². The summed E-state index contributed by atoms with van der Waals surface area (Å²) in [6, 6.07) is 17.6. The third kappa shape index (κ3) is 4.24. The molecule has 184 valence electrons. The van der Waals surface area contributed by atoms with Crippen LogP contribution in [0.4, 0.5) is 0 Å². The van der Waals surface area contributed by atoms with Gasteiger partial charge in [0.05, 0.1) is 35.8 Å². The SMILES string of the molecule is [C-]#[N+]C(C)(C)c1ccc(-n2c(=O)n(Cc3ccc(OC)cc3)c(=O)c3cnc4ccc(Cl)nc4c32)cc1. The van der Waals surface area contributed by atoms with Crippen LogP contribution in [0.2, 0.25) is 5.15 Å². The summed E-state index contributed by atoms with van der Waals surface area (Å²) < 4.78 is 7.86. The number of nitrogens with zero attached hydrogens (tertiary/aromatic N) is 5. The number of rotatable bonds is 5. The van der Waals surface area contributed by atoms with Crippen molar-refractivity contribution < 1.29 is 4.74 Å². The summed E-state index contributed by atoms with van der Waals surface area (Å²) in [4.78, 5) is 40.1. The lowest BCUT2D eigenvalue weighted by atomic mass is 9.95. The molecule has 0 aliphatic heterocycles. The van der Waals surface area contributed by atoms with Crippen LogP contribution in [-0.4, -0.2) is 26.2 Å². The molecule has 3 aromatic heterocycles. The molecule has 3 heterocycles. The summed E-state index contributed by atoms with van der Waals surface area (Å²) in [6.07, 6.45) is 1.46. The number of fused-ring (bicyclic) bond motifs is 3. The number of pyridine rings is 2. The van der Waals surface area contributed by atoms with E-state index < -0.39 is 16.8 Å². The Labute approximate surface area is 217 Å². The monoisotopic (exact) mass is 511 g/mol. The van der Waals surface area contributed by atoms with Crippen molar-refractivity contribution in [1.82, 2.24) is 19.1 Å². The highest BCUT2D eigenvalue weighted by Crippen LogP contribution is 2.27. The Bertz CT molecular complexity index is 1820. The minimum atomic E-state index is -0.718. The first kappa shape index (κ1) is 24.2. The van der Waals surface area contributed by atoms with E-state index in [0.29, 0.717) is 28.0 Å². The molecule has 0 spiro atoms. The molecular formula is C28H22ClN5O3. The maximum absolute atomic E-state index is 14.0. The Morgan fingerprint density at radius 3 is 2.38 bits per heavy atom. The summed E-state index contributed by atoms with van der Waals surface area (Å²) in [5.41, 5.74) is 1.55. The van der Waals surface area contributed by atoms with Crippen molar-refractivity contribution in [3.8, 4) is 11.4 Å². The average molecular weight is 512 g/mol. The summed E-state index contributed by atoms with van der Waals surface area (Å²) in [5, 5.41) is 0.457. The lowest BCUT2D eigenvalue weighted by Crippen LogP contribution is -2.40. The van der Waals surface area contributed by atoms with E-state index in [1.54, 1.807) is 55.6 Å². The van der Waals surface area contributed by atoms with Crippen molar-refractivity contribution in [3.63, 3.8) is 0 Å². The van der Waals surface area contributed by atoms with Crippen molar-refractivity contribution in [1.29, 1.82) is 0 Å². The zero-order chi connectivity index (χ0) is 26.3. The van der Waals surface area contributed by atoms with Crippen molar-refractivity contribution in [3.05, 3.63) is 115 Å². The van der Waals surface area contributed by atoms with Crippen LogP contribution in [0.3, 0.4) is 0 Å². The maximum Gasteiger partial charge on any atom is 0.336 e. The van der Waals surface area contributed by atoms with E-state index >= 15 is 0 Å². The van der Waals surface area contributed by atoms with Crippen LogP contribution in [-0.2, 0) is 12.1 Å². The van der Waals surface area contributed by atoms with E-state index in [2.05, 4.69) is 14.8 Å². The fraction of sp³-hybridized carbons (Fsp3) is 0.179. The van der Waals surface area contributed by atoms with Crippen LogP contribution in [0.15, 0.2) is 76.4 Å². The van der Waals surface area contributed by atoms with E-state index in [1.165, 1.54) is 15.3 Å². The van der Waals surface area contributed by atoms with E-state index in [4.69, 9.17) is 22.9 Å². The first-order valence-electron chi connectivity index (χ1n) is 11.5. The van der Waals surface area contributed by atoms with E-state index in [9.17, 15) is 9.59 Å². The number of hydrogen-bond donors (Lipinski definition) is 0. The summed E-state index contributed by atoms with van der Waals surface area (Å²) in [7, 11) is 1.57. The molecule has 0 N–H and O–H groups in total. The molecule has 5 aromatic rings. The Hall–Kier alpha value is -4.48. The van der Waals surface area contributed by atoms with Crippen LogP contribution < -0.4 is 16.0 Å². The molecule has 0 fully saturated rings. The zero-order valence-corrected chi connectivity index (χ0v) is 21.2. The highest BCUT2D eigenvalue weighted by molar-refractivity contribution is 6.30. The molecule has 0 bridgehead atoms. The van der Waals surface area contributed by atoms with E-state index in [-0.39, 0.29) is 17.1 Å². The van der Waals surface area contributed by atoms with Gasteiger partial charge in [-0.25, -0.2) is 16.4 Å². The van der Waals surface area contributed by atoms with Gasteiger partial charge in [-0.05, 0) is 54.1 Å². The number of ether oxygens (including phenoxy) is 1. The van der Waals surface area contributed by atoms with Gasteiger partial charge in [-0.15, -0.1) is 0 Å². The third-order valence-corrected chi connectivity index (χ3v) is 6.60. The van der Waals surface area contributed by atoms with Gasteiger partial charge in [0.15, 0.2) is 0 Å². The van der Waals surface area contributed by atoms with Crippen molar-refractivity contribution in [2.45, 2.75) is 25.9 Å². The Morgan fingerprint density at radius 2 is 1.73 bits per heavy atom. The fourth-order valence-electron chi connectivity index (χ4n) is 4.24. The molecule has 0 saturated heterocycles. The topological polar surface area (TPSA) is 83.4 Å². The van der Waals surface area contributed by atoms with Crippen molar-refractivity contribution >= 4 is 33.5 Å². The smallest absolute Gasteiger partial charge is 0.336 e. The van der Waals surface area contributed by atoms with E-state index in [1.807, 2.05) is 26.0 Å². The van der Waals surface area contributed by atoms with Gasteiger partial charge in [0.2, 0.25) is 0 Å². The van der Waals surface area contributed by atoms with Gasteiger partial charge >= 0.3 is 5.69 Å². The predicted molar refractivity (Wildman–Crippen MR) is 144 cm³/mol. The van der Waals surface area contributed by atoms with Gasteiger partial charge in [0.25, 0.3) is 11.1 Å². The molecule has 37 heavy (non-hydrogen) atoms. The lowest BCUT2D eigenvalue weighted by molar-refractivity contribution is 0.414. The van der Waals surface area contributed by atoms with Gasteiger partial charge < -0.3 is 9.58 Å². The quantitative estimate of drug-likeness (QED) is 0.189. The second kappa shape index (κ2) is 9.19. The van der Waals surface area contributed by atoms with Gasteiger partial charge in [-0.2, -0.15) is 0 Å². The first-order valence-corrected chi connectivity index (χ1v) is 11.8. The van der Waals surface area contributed by atoms with E-state index in [0.717, 1.165) is 11.1 Å². The van der Waals surface area contributed by atoms with Crippen LogP contribution in [0, 0.1) is 6.57 Å². The number of halogens is 1. The van der Waals surface area contributed by atoms with Crippen molar-refractivity contribution in [2.75, 3.05) is 7.11 Å². The zero-order valence-electron chi connectivity index (χ0n) is 20.4. The summed E-state index contributed by atoms with van der Waals surface area (Å²) >= 11 is 6.20. The highest BCUT2D eigenvalue weighted by atomic mass is 35.5. The molecule has 0 atom stereocenters. The molecule has 0 aliphatic carbocycles. The highest BCUT2D eigenvalue weighted by Gasteiger charge is 2.26. The third-order valence-electron chi connectivity index (χ3n) is 6.38. The molecule has 8 nitrogen and oxygen atoms in total. The van der Waals surface area contributed by atoms with Gasteiger partial charge in [0, 0.05) is 25.6 Å². The normalized spacial score (nSPS) is 11.5. The molecular weight excluding hydrogens is 490 g/mol. The Morgan fingerprint density at radius 1 is 1.03 bits per heavy atom. The number of hydrogen-bond acceptors (Lipinski definition) is 5. The molecule has 0 saturated carbocycles. The molecule has 5 rings (SSSR count). The first-order chi connectivity index (χ1) is 17.7. The molecule has 0 radical (unpaired) electrons. The maximum atomic E-state index is 14.0. The molecule has 0 unspecified atom stereocenters. The molecule has 0 amide bonds. The number of benzene rings is 2. The minimum absolute atomic E-state index is 0.0570. The molecule has 2 aromatic carbocycles. The van der Waals surface area contributed by atoms with Crippen LogP contribution in [0.5, 0.6) is 5.75 Å². The average Bonchev–Trinajstić information content (AvgIpc) is 2.91. The fourth-order valence-corrected chi connectivity index (χ4v) is 4.38. The Balaban J connectivity index is 1.82. The predicted octanol–water partition coefficient (Wildman–Crippen LogP) is 4.96. The summed E-state index contributed by atoms with van der Waals surface area (Å²) in [6.45, 7) is 11.2. The molecule has 0 aliphatic rings. The summed E-state index contributed by atoms with van der Waals surface area (Å²) in [5.74, 6) is 0.674. The standard InChI is InChI=1S/C28H22ClN5O3/c1-28(2,30-3)18-7-9-19(10-8-18)34-25-21(15-31-22-13-14-23(29)32-24(22)25)26(35)33(27(34)36)16-17-5-11-20(37-4)12-6-17/h5-15H,16H2,1-2,4H3. The molecule has 9 heteroatoms. The Kier molecular flexibility index (Phi) is 6.02. The van der Waals surface area contributed by atoms with Gasteiger partial charge in [-0.1, -0.05) is 23.7 Å². The second-order valence-corrected chi connectivity index (χ2v) is 9.48. The lowest BCUT2D eigenvalue weighted by Gasteiger charge is -2.17. The number of methoxy groups -OCH3 is 1. The van der Waals surface area contributed by atoms with Gasteiger partial charge in [0.1, 0.15) is 16.4 Å². The van der Waals surface area contributed by atoms with Crippen LogP contribution in [0.25, 0.3) is 32.5 Å². The van der Waals surface area contributed by atoms with Crippen molar-refractivity contribution in [2.24, 2.45) is 0 Å². The minimum Gasteiger partial charge on any atom is -0.497 e.